The van der Waals surface area contributed by atoms with Gasteiger partial charge in [0.2, 0.25) is 5.78 Å². The molecular weight excluding hydrogens is 284 g/mol. The molecule has 17 heavy (non-hydrogen) atoms. The van der Waals surface area contributed by atoms with Crippen LogP contribution in [0.15, 0.2) is 45.5 Å². The number of para-hydroxylation sites is 1. The summed E-state index contributed by atoms with van der Waals surface area (Å²) in [5.74, 6) is 0.691. The third-order valence-electron chi connectivity index (χ3n) is 2.23. The Morgan fingerprint density at radius 1 is 1.29 bits per heavy atom. The van der Waals surface area contributed by atoms with E-state index in [0.717, 1.165) is 0 Å². The second-order valence-corrected chi connectivity index (χ2v) is 4.14. The predicted octanol–water partition coefficient (Wildman–Crippen LogP) is 3.67. The minimum atomic E-state index is -0.181. The number of hydrogen-bond donors (Lipinski definition) is 0. The zero-order valence-electron chi connectivity index (χ0n) is 9.27. The highest BCUT2D eigenvalue weighted by atomic mass is 79.9. The molecule has 0 radical (unpaired) electrons. The molecule has 2 aromatic rings. The zero-order chi connectivity index (χ0) is 12.3. The molecule has 0 aliphatic rings. The number of carbonyl (C=O) groups is 1. The van der Waals surface area contributed by atoms with Crippen molar-refractivity contribution in [2.75, 3.05) is 6.61 Å². The molecule has 1 aromatic carbocycles. The van der Waals surface area contributed by atoms with E-state index in [1.807, 2.05) is 13.0 Å². The quantitative estimate of drug-likeness (QED) is 0.808. The lowest BCUT2D eigenvalue weighted by atomic mass is 10.1. The minimum absolute atomic E-state index is 0.181. The molecule has 0 fully saturated rings. The molecule has 0 spiro atoms. The lowest BCUT2D eigenvalue weighted by Gasteiger charge is -2.07. The molecule has 0 saturated carbocycles. The van der Waals surface area contributed by atoms with Crippen LogP contribution in [0.5, 0.6) is 5.75 Å². The van der Waals surface area contributed by atoms with Crippen molar-refractivity contribution in [3.63, 3.8) is 0 Å². The first-order chi connectivity index (χ1) is 8.22. The van der Waals surface area contributed by atoms with Crippen molar-refractivity contribution < 1.29 is 13.9 Å². The van der Waals surface area contributed by atoms with Gasteiger partial charge in [-0.15, -0.1) is 0 Å². The molecule has 0 bridgehead atoms. The Morgan fingerprint density at radius 2 is 2.06 bits per heavy atom. The van der Waals surface area contributed by atoms with Crippen LogP contribution in [0.1, 0.15) is 23.0 Å². The molecule has 88 valence electrons. The number of furan rings is 1. The van der Waals surface area contributed by atoms with Gasteiger partial charge in [-0.1, -0.05) is 12.1 Å². The molecule has 0 amide bonds. The number of carbonyl (C=O) groups excluding carboxylic acids is 1. The van der Waals surface area contributed by atoms with E-state index in [2.05, 4.69) is 15.9 Å². The highest BCUT2D eigenvalue weighted by Crippen LogP contribution is 2.23. The molecule has 3 nitrogen and oxygen atoms in total. The van der Waals surface area contributed by atoms with Gasteiger partial charge in [0, 0.05) is 0 Å². The van der Waals surface area contributed by atoms with Crippen LogP contribution in [0, 0.1) is 0 Å². The summed E-state index contributed by atoms with van der Waals surface area (Å²) in [5, 5.41) is 0. The summed E-state index contributed by atoms with van der Waals surface area (Å²) in [7, 11) is 0. The molecule has 0 aliphatic carbocycles. The molecular formula is C13H11BrO3. The second-order valence-electron chi connectivity index (χ2n) is 3.36. The van der Waals surface area contributed by atoms with E-state index in [0.29, 0.717) is 28.3 Å². The van der Waals surface area contributed by atoms with Gasteiger partial charge in [-0.2, -0.15) is 0 Å². The Kier molecular flexibility index (Phi) is 3.64. The monoisotopic (exact) mass is 294 g/mol. The van der Waals surface area contributed by atoms with Gasteiger partial charge in [0.1, 0.15) is 5.75 Å². The zero-order valence-corrected chi connectivity index (χ0v) is 10.9. The van der Waals surface area contributed by atoms with Gasteiger partial charge in [-0.3, -0.25) is 4.79 Å². The summed E-state index contributed by atoms with van der Waals surface area (Å²) < 4.78 is 11.2. The van der Waals surface area contributed by atoms with Crippen molar-refractivity contribution in [3.8, 4) is 5.75 Å². The normalized spacial score (nSPS) is 10.2. The Morgan fingerprint density at radius 3 is 2.71 bits per heavy atom. The van der Waals surface area contributed by atoms with Crippen molar-refractivity contribution in [2.45, 2.75) is 6.92 Å². The summed E-state index contributed by atoms with van der Waals surface area (Å²) in [6.45, 7) is 2.40. The van der Waals surface area contributed by atoms with Crippen molar-refractivity contribution in [2.24, 2.45) is 0 Å². The summed E-state index contributed by atoms with van der Waals surface area (Å²) in [6, 6.07) is 10.5. The van der Waals surface area contributed by atoms with Gasteiger partial charge < -0.3 is 9.15 Å². The molecule has 1 aromatic heterocycles. The maximum atomic E-state index is 12.2. The van der Waals surface area contributed by atoms with Crippen molar-refractivity contribution in [3.05, 3.63) is 52.4 Å². The predicted molar refractivity (Wildman–Crippen MR) is 67.5 cm³/mol. The van der Waals surface area contributed by atoms with Crippen molar-refractivity contribution in [1.29, 1.82) is 0 Å². The third kappa shape index (κ3) is 2.58. The van der Waals surface area contributed by atoms with Crippen molar-refractivity contribution >= 4 is 21.7 Å². The first-order valence-corrected chi connectivity index (χ1v) is 6.03. The van der Waals surface area contributed by atoms with Gasteiger partial charge in [-0.25, -0.2) is 0 Å². The van der Waals surface area contributed by atoms with E-state index in [9.17, 15) is 4.79 Å². The average molecular weight is 295 g/mol. The molecule has 0 aliphatic heterocycles. The van der Waals surface area contributed by atoms with Crippen LogP contribution in [0.4, 0.5) is 0 Å². The summed E-state index contributed by atoms with van der Waals surface area (Å²) >= 11 is 3.17. The number of benzene rings is 1. The lowest BCUT2D eigenvalue weighted by Crippen LogP contribution is -2.04. The highest BCUT2D eigenvalue weighted by Gasteiger charge is 2.17. The maximum Gasteiger partial charge on any atom is 0.231 e. The Balaban J connectivity index is 2.36. The van der Waals surface area contributed by atoms with Crippen LogP contribution < -0.4 is 4.74 Å². The first-order valence-electron chi connectivity index (χ1n) is 5.24. The number of halogens is 1. The molecule has 2 rings (SSSR count). The topological polar surface area (TPSA) is 39.4 Å². The maximum absolute atomic E-state index is 12.2. The SMILES string of the molecule is CCOc1ccccc1C(=O)c1ccc(Br)o1. The summed E-state index contributed by atoms with van der Waals surface area (Å²) in [6.07, 6.45) is 0. The lowest BCUT2D eigenvalue weighted by molar-refractivity contribution is 0.100. The van der Waals surface area contributed by atoms with Crippen LogP contribution in [-0.4, -0.2) is 12.4 Å². The van der Waals surface area contributed by atoms with Crippen molar-refractivity contribution in [1.82, 2.24) is 0 Å². The fourth-order valence-corrected chi connectivity index (χ4v) is 1.81. The fraction of sp³-hybridized carbons (Fsp3) is 0.154. The average Bonchev–Trinajstić information content (AvgIpc) is 2.76. The largest absolute Gasteiger partial charge is 0.493 e. The Labute approximate surface area is 108 Å². The Hall–Kier alpha value is -1.55. The van der Waals surface area contributed by atoms with E-state index >= 15 is 0 Å². The van der Waals surface area contributed by atoms with Crippen LogP contribution in [0.25, 0.3) is 0 Å². The molecule has 0 atom stereocenters. The molecule has 0 saturated heterocycles. The smallest absolute Gasteiger partial charge is 0.231 e. The molecule has 0 N–H and O–H groups in total. The summed E-state index contributed by atoms with van der Waals surface area (Å²) in [4.78, 5) is 12.2. The van der Waals surface area contributed by atoms with Gasteiger partial charge >= 0.3 is 0 Å². The van der Waals surface area contributed by atoms with Crippen LogP contribution in [0.3, 0.4) is 0 Å². The van der Waals surface area contributed by atoms with Crippen LogP contribution in [-0.2, 0) is 0 Å². The minimum Gasteiger partial charge on any atom is -0.493 e. The highest BCUT2D eigenvalue weighted by molar-refractivity contribution is 9.10. The van der Waals surface area contributed by atoms with Gasteiger partial charge in [0.25, 0.3) is 0 Å². The van der Waals surface area contributed by atoms with E-state index in [4.69, 9.17) is 9.15 Å². The fourth-order valence-electron chi connectivity index (χ4n) is 1.50. The number of hydrogen-bond acceptors (Lipinski definition) is 3. The molecule has 1 heterocycles. The first kappa shape index (κ1) is 11.9. The van der Waals surface area contributed by atoms with E-state index in [1.54, 1.807) is 30.3 Å². The molecule has 0 unspecified atom stereocenters. The van der Waals surface area contributed by atoms with Crippen LogP contribution in [0.2, 0.25) is 0 Å². The number of rotatable bonds is 4. The molecule has 4 heteroatoms. The van der Waals surface area contributed by atoms with E-state index in [1.165, 1.54) is 0 Å². The van der Waals surface area contributed by atoms with Crippen LogP contribution >= 0.6 is 15.9 Å². The second kappa shape index (κ2) is 5.19. The number of ether oxygens (including phenoxy) is 1. The third-order valence-corrected chi connectivity index (χ3v) is 2.65. The standard InChI is InChI=1S/C13H11BrO3/c1-2-16-10-6-4-3-5-9(10)13(15)11-7-8-12(14)17-11/h3-8H,2H2,1H3. The van der Waals surface area contributed by atoms with Gasteiger partial charge in [-0.05, 0) is 47.1 Å². The van der Waals surface area contributed by atoms with Gasteiger partial charge in [0.15, 0.2) is 10.4 Å². The Bertz CT molecular complexity index is 531. The summed E-state index contributed by atoms with van der Waals surface area (Å²) in [5.41, 5.74) is 0.510. The van der Waals surface area contributed by atoms with E-state index in [-0.39, 0.29) is 5.78 Å². The van der Waals surface area contributed by atoms with Gasteiger partial charge in [0.05, 0.1) is 12.2 Å². The van der Waals surface area contributed by atoms with E-state index < -0.39 is 0 Å². The number of ketones is 1.